The highest BCUT2D eigenvalue weighted by molar-refractivity contribution is 5.78. The molecule has 3 aromatic rings. The molecule has 1 fully saturated rings. The Morgan fingerprint density at radius 1 is 1.10 bits per heavy atom. The zero-order chi connectivity index (χ0) is 21.6. The number of nitrogens with zero attached hydrogens (tertiary/aromatic N) is 3. The molecule has 0 aliphatic carbocycles. The molecule has 1 aliphatic rings. The van der Waals surface area contributed by atoms with Crippen LogP contribution in [-0.2, 0) is 11.2 Å². The van der Waals surface area contributed by atoms with E-state index in [4.69, 9.17) is 0 Å². The van der Waals surface area contributed by atoms with E-state index in [0.717, 1.165) is 24.5 Å². The van der Waals surface area contributed by atoms with E-state index in [1.165, 1.54) is 12.1 Å². The summed E-state index contributed by atoms with van der Waals surface area (Å²) in [5.41, 5.74) is 1.89. The summed E-state index contributed by atoms with van der Waals surface area (Å²) in [7, 11) is 0. The fourth-order valence-corrected chi connectivity index (χ4v) is 3.94. The number of piperidine rings is 1. The number of nitrogens with one attached hydrogen (secondary N) is 1. The Labute approximate surface area is 180 Å². The van der Waals surface area contributed by atoms with E-state index < -0.39 is 17.7 Å². The molecule has 31 heavy (non-hydrogen) atoms. The van der Waals surface area contributed by atoms with Gasteiger partial charge in [-0.3, -0.25) is 14.8 Å². The average Bonchev–Trinajstić information content (AvgIpc) is 2.79. The predicted octanol–water partition coefficient (Wildman–Crippen LogP) is 3.67. The van der Waals surface area contributed by atoms with Gasteiger partial charge in [0.15, 0.2) is 0 Å². The van der Waals surface area contributed by atoms with Gasteiger partial charge in [-0.05, 0) is 24.5 Å². The van der Waals surface area contributed by atoms with E-state index in [1.54, 1.807) is 18.6 Å². The summed E-state index contributed by atoms with van der Waals surface area (Å²) in [6.07, 6.45) is 6.55. The van der Waals surface area contributed by atoms with E-state index in [1.807, 2.05) is 35.2 Å². The second kappa shape index (κ2) is 9.75. The highest BCUT2D eigenvalue weighted by Gasteiger charge is 2.27. The quantitative estimate of drug-likeness (QED) is 0.659. The van der Waals surface area contributed by atoms with Crippen molar-refractivity contribution in [2.75, 3.05) is 13.1 Å². The third-order valence-electron chi connectivity index (χ3n) is 5.60. The van der Waals surface area contributed by atoms with E-state index in [9.17, 15) is 13.6 Å². The standard InChI is InChI=1S/C24H24F2N4O/c25-18-6-7-20(21(26)15-18)24(22-16-27-10-11-28-22)29-19-8-12-30(13-9-19)23(31)14-17-4-2-1-3-5-17/h1-7,10-11,15-16,19,24,29H,8-9,12-14H2. The molecule has 4 rings (SSSR count). The Kier molecular flexibility index (Phi) is 6.62. The van der Waals surface area contributed by atoms with Gasteiger partial charge in [-0.25, -0.2) is 8.78 Å². The van der Waals surface area contributed by atoms with Crippen LogP contribution in [-0.4, -0.2) is 39.9 Å². The van der Waals surface area contributed by atoms with Crippen molar-refractivity contribution in [3.63, 3.8) is 0 Å². The number of carbonyl (C=O) groups is 1. The molecule has 1 aromatic heterocycles. The Morgan fingerprint density at radius 2 is 1.87 bits per heavy atom. The molecule has 2 aromatic carbocycles. The van der Waals surface area contributed by atoms with Crippen LogP contribution >= 0.6 is 0 Å². The van der Waals surface area contributed by atoms with Gasteiger partial charge in [0.2, 0.25) is 5.91 Å². The van der Waals surface area contributed by atoms with Crippen molar-refractivity contribution in [3.8, 4) is 0 Å². The SMILES string of the molecule is O=C(Cc1ccccc1)N1CCC(NC(c2cnccn2)c2ccc(F)cc2F)CC1. The smallest absolute Gasteiger partial charge is 0.226 e. The van der Waals surface area contributed by atoms with Crippen LogP contribution in [0, 0.1) is 11.6 Å². The lowest BCUT2D eigenvalue weighted by Gasteiger charge is -2.34. The van der Waals surface area contributed by atoms with Crippen molar-refractivity contribution < 1.29 is 13.6 Å². The Bertz CT molecular complexity index is 1010. The van der Waals surface area contributed by atoms with Gasteiger partial charge in [0.25, 0.3) is 0 Å². The third kappa shape index (κ3) is 5.30. The maximum atomic E-state index is 14.5. The number of hydrogen-bond donors (Lipinski definition) is 1. The van der Waals surface area contributed by atoms with Crippen LogP contribution in [0.5, 0.6) is 0 Å². The lowest BCUT2D eigenvalue weighted by atomic mass is 9.98. The van der Waals surface area contributed by atoms with Crippen LogP contribution in [0.4, 0.5) is 8.78 Å². The number of benzene rings is 2. The minimum absolute atomic E-state index is 0.0669. The maximum absolute atomic E-state index is 14.5. The number of likely N-dealkylation sites (tertiary alicyclic amines) is 1. The van der Waals surface area contributed by atoms with E-state index in [-0.39, 0.29) is 11.9 Å². The highest BCUT2D eigenvalue weighted by atomic mass is 19.1. The molecular weight excluding hydrogens is 398 g/mol. The molecule has 1 N–H and O–H groups in total. The van der Waals surface area contributed by atoms with Crippen molar-refractivity contribution >= 4 is 5.91 Å². The Hall–Kier alpha value is -3.19. The first-order valence-electron chi connectivity index (χ1n) is 10.4. The first kappa shape index (κ1) is 21.1. The second-order valence-corrected chi connectivity index (χ2v) is 7.71. The molecule has 0 saturated carbocycles. The van der Waals surface area contributed by atoms with Crippen LogP contribution in [0.25, 0.3) is 0 Å². The van der Waals surface area contributed by atoms with Crippen molar-refractivity contribution in [2.45, 2.75) is 31.3 Å². The molecule has 7 heteroatoms. The monoisotopic (exact) mass is 422 g/mol. The summed E-state index contributed by atoms with van der Waals surface area (Å²) < 4.78 is 28.0. The van der Waals surface area contributed by atoms with E-state index >= 15 is 0 Å². The number of rotatable bonds is 6. The topological polar surface area (TPSA) is 58.1 Å². The number of hydrogen-bond acceptors (Lipinski definition) is 4. The lowest BCUT2D eigenvalue weighted by Crippen LogP contribution is -2.46. The molecule has 0 radical (unpaired) electrons. The number of halogens is 2. The largest absolute Gasteiger partial charge is 0.342 e. The van der Waals surface area contributed by atoms with Crippen molar-refractivity contribution in [2.24, 2.45) is 0 Å². The Morgan fingerprint density at radius 3 is 2.55 bits per heavy atom. The molecule has 1 amide bonds. The summed E-state index contributed by atoms with van der Waals surface area (Å²) in [6, 6.07) is 12.8. The molecule has 0 spiro atoms. The van der Waals surface area contributed by atoms with Gasteiger partial charge in [0.05, 0.1) is 24.4 Å². The first-order chi connectivity index (χ1) is 15.1. The highest BCUT2D eigenvalue weighted by Crippen LogP contribution is 2.26. The number of aromatic nitrogens is 2. The zero-order valence-electron chi connectivity index (χ0n) is 17.0. The van der Waals surface area contributed by atoms with Crippen LogP contribution < -0.4 is 5.32 Å². The van der Waals surface area contributed by atoms with Gasteiger partial charge in [0, 0.05) is 43.2 Å². The van der Waals surface area contributed by atoms with Gasteiger partial charge in [-0.2, -0.15) is 0 Å². The van der Waals surface area contributed by atoms with Gasteiger partial charge in [-0.1, -0.05) is 36.4 Å². The molecule has 0 bridgehead atoms. The summed E-state index contributed by atoms with van der Waals surface area (Å²) in [4.78, 5) is 22.9. The van der Waals surface area contributed by atoms with Crippen LogP contribution in [0.1, 0.15) is 35.7 Å². The van der Waals surface area contributed by atoms with E-state index in [0.29, 0.717) is 30.8 Å². The lowest BCUT2D eigenvalue weighted by molar-refractivity contribution is -0.131. The summed E-state index contributed by atoms with van der Waals surface area (Å²) in [5.74, 6) is -1.14. The number of amides is 1. The molecule has 1 aliphatic heterocycles. The van der Waals surface area contributed by atoms with Gasteiger partial charge in [-0.15, -0.1) is 0 Å². The first-order valence-corrected chi connectivity index (χ1v) is 10.4. The van der Waals surface area contributed by atoms with Crippen molar-refractivity contribution in [1.29, 1.82) is 0 Å². The van der Waals surface area contributed by atoms with Crippen LogP contribution in [0.15, 0.2) is 67.1 Å². The molecule has 5 nitrogen and oxygen atoms in total. The van der Waals surface area contributed by atoms with Crippen LogP contribution in [0.3, 0.4) is 0 Å². The van der Waals surface area contributed by atoms with Crippen molar-refractivity contribution in [3.05, 3.63) is 95.6 Å². The number of carbonyl (C=O) groups excluding carboxylic acids is 1. The zero-order valence-corrected chi connectivity index (χ0v) is 17.0. The summed E-state index contributed by atoms with van der Waals surface area (Å²) in [5, 5.41) is 3.46. The average molecular weight is 422 g/mol. The minimum Gasteiger partial charge on any atom is -0.342 e. The van der Waals surface area contributed by atoms with Crippen molar-refractivity contribution in [1.82, 2.24) is 20.2 Å². The minimum atomic E-state index is -0.626. The van der Waals surface area contributed by atoms with E-state index in [2.05, 4.69) is 15.3 Å². The van der Waals surface area contributed by atoms with Gasteiger partial charge in [0.1, 0.15) is 11.6 Å². The molecule has 2 heterocycles. The Balaban J connectivity index is 1.42. The predicted molar refractivity (Wildman–Crippen MR) is 113 cm³/mol. The second-order valence-electron chi connectivity index (χ2n) is 7.71. The van der Waals surface area contributed by atoms with Crippen LogP contribution in [0.2, 0.25) is 0 Å². The molecule has 1 saturated heterocycles. The summed E-state index contributed by atoms with van der Waals surface area (Å²) in [6.45, 7) is 1.25. The molecule has 160 valence electrons. The molecule has 1 atom stereocenters. The maximum Gasteiger partial charge on any atom is 0.226 e. The fourth-order valence-electron chi connectivity index (χ4n) is 3.94. The van der Waals surface area contributed by atoms with Gasteiger partial charge < -0.3 is 10.2 Å². The molecular formula is C24H24F2N4O. The third-order valence-corrected chi connectivity index (χ3v) is 5.60. The van der Waals surface area contributed by atoms with Gasteiger partial charge >= 0.3 is 0 Å². The molecule has 1 unspecified atom stereocenters. The normalized spacial score (nSPS) is 15.6. The fraction of sp³-hybridized carbons (Fsp3) is 0.292. The summed E-state index contributed by atoms with van der Waals surface area (Å²) >= 11 is 0.